The van der Waals surface area contributed by atoms with Crippen LogP contribution in [0.1, 0.15) is 9.75 Å². The molecule has 1 aromatic heterocycles. The standard InChI is InChI=1S/C9H8N2S2/c1-6-2-3-8(13-6)4-7(5-10)9(11)12/h2-4H,1H3,(H2,11,12)/b7-4-. The first-order chi connectivity index (χ1) is 6.13. The number of hydrogen-bond donors (Lipinski definition) is 1. The molecule has 66 valence electrons. The molecule has 0 aliphatic heterocycles. The van der Waals surface area contributed by atoms with Gasteiger partial charge in [0.25, 0.3) is 0 Å². The average molecular weight is 208 g/mol. The number of rotatable bonds is 2. The summed E-state index contributed by atoms with van der Waals surface area (Å²) in [6, 6.07) is 5.89. The van der Waals surface area contributed by atoms with Gasteiger partial charge in [0.05, 0.1) is 5.57 Å². The average Bonchev–Trinajstić information content (AvgIpc) is 2.46. The lowest BCUT2D eigenvalue weighted by Gasteiger charge is -1.91. The van der Waals surface area contributed by atoms with Crippen LogP contribution in [-0.4, -0.2) is 4.99 Å². The Kier molecular flexibility index (Phi) is 3.18. The quantitative estimate of drug-likeness (QED) is 0.460. The zero-order valence-corrected chi connectivity index (χ0v) is 8.71. The summed E-state index contributed by atoms with van der Waals surface area (Å²) in [4.78, 5) is 2.35. The van der Waals surface area contributed by atoms with Crippen LogP contribution in [0.2, 0.25) is 0 Å². The summed E-state index contributed by atoms with van der Waals surface area (Å²) in [6.45, 7) is 2.01. The van der Waals surface area contributed by atoms with Crippen LogP contribution < -0.4 is 5.73 Å². The van der Waals surface area contributed by atoms with Gasteiger partial charge in [0.15, 0.2) is 0 Å². The van der Waals surface area contributed by atoms with Gasteiger partial charge in [-0.15, -0.1) is 11.3 Å². The van der Waals surface area contributed by atoms with E-state index in [-0.39, 0.29) is 4.99 Å². The molecule has 0 aromatic carbocycles. The summed E-state index contributed by atoms with van der Waals surface area (Å²) >= 11 is 6.32. The van der Waals surface area contributed by atoms with E-state index in [1.54, 1.807) is 17.4 Å². The zero-order valence-electron chi connectivity index (χ0n) is 7.07. The minimum atomic E-state index is 0.147. The van der Waals surface area contributed by atoms with Crippen molar-refractivity contribution in [1.29, 1.82) is 5.26 Å². The highest BCUT2D eigenvalue weighted by molar-refractivity contribution is 7.80. The van der Waals surface area contributed by atoms with Crippen LogP contribution in [0.4, 0.5) is 0 Å². The number of nitriles is 1. The molecule has 1 rings (SSSR count). The van der Waals surface area contributed by atoms with E-state index < -0.39 is 0 Å². The molecule has 0 bridgehead atoms. The molecule has 0 saturated carbocycles. The maximum Gasteiger partial charge on any atom is 0.114 e. The first kappa shape index (κ1) is 9.90. The Morgan fingerprint density at radius 3 is 2.77 bits per heavy atom. The lowest BCUT2D eigenvalue weighted by atomic mass is 10.2. The Morgan fingerprint density at radius 1 is 1.69 bits per heavy atom. The third-order valence-corrected chi connectivity index (χ3v) is 2.60. The molecule has 1 aromatic rings. The first-order valence-corrected chi connectivity index (χ1v) is 4.84. The van der Waals surface area contributed by atoms with Gasteiger partial charge in [-0.05, 0) is 25.1 Å². The van der Waals surface area contributed by atoms with Gasteiger partial charge in [-0.1, -0.05) is 12.2 Å². The van der Waals surface area contributed by atoms with Crippen molar-refractivity contribution >= 4 is 34.6 Å². The molecule has 0 spiro atoms. The second-order valence-corrected chi connectivity index (χ2v) is 4.24. The van der Waals surface area contributed by atoms with E-state index in [1.807, 2.05) is 25.1 Å². The summed E-state index contributed by atoms with van der Waals surface area (Å²) in [7, 11) is 0. The zero-order chi connectivity index (χ0) is 9.84. The SMILES string of the molecule is Cc1ccc(/C=C(/C#N)C(N)=S)s1. The molecule has 2 N–H and O–H groups in total. The summed E-state index contributed by atoms with van der Waals surface area (Å²) in [6.07, 6.45) is 1.71. The van der Waals surface area contributed by atoms with Crippen LogP contribution in [-0.2, 0) is 0 Å². The number of aryl methyl sites for hydroxylation is 1. The van der Waals surface area contributed by atoms with Crippen LogP contribution >= 0.6 is 23.6 Å². The molecule has 0 fully saturated rings. The lowest BCUT2D eigenvalue weighted by molar-refractivity contribution is 1.52. The van der Waals surface area contributed by atoms with Gasteiger partial charge >= 0.3 is 0 Å². The fourth-order valence-electron chi connectivity index (χ4n) is 0.832. The number of nitrogens with two attached hydrogens (primary N) is 1. The molecule has 1 heterocycles. The maximum atomic E-state index is 8.68. The van der Waals surface area contributed by atoms with Crippen LogP contribution in [0.3, 0.4) is 0 Å². The molecule has 0 unspecified atom stereocenters. The highest BCUT2D eigenvalue weighted by Gasteiger charge is 2.00. The second-order valence-electron chi connectivity index (χ2n) is 2.48. The molecular weight excluding hydrogens is 200 g/mol. The predicted octanol–water partition coefficient (Wildman–Crippen LogP) is 2.25. The van der Waals surface area contributed by atoms with Gasteiger partial charge in [-0.3, -0.25) is 0 Å². The van der Waals surface area contributed by atoms with E-state index in [2.05, 4.69) is 0 Å². The number of nitrogens with zero attached hydrogens (tertiary/aromatic N) is 1. The molecular formula is C9H8N2S2. The van der Waals surface area contributed by atoms with E-state index in [4.69, 9.17) is 23.2 Å². The maximum absolute atomic E-state index is 8.68. The highest BCUT2D eigenvalue weighted by atomic mass is 32.1. The number of thiocarbonyl (C=S) groups is 1. The van der Waals surface area contributed by atoms with Crippen molar-refractivity contribution in [3.63, 3.8) is 0 Å². The monoisotopic (exact) mass is 208 g/mol. The fourth-order valence-corrected chi connectivity index (χ4v) is 1.76. The van der Waals surface area contributed by atoms with Gasteiger partial charge in [0, 0.05) is 9.75 Å². The van der Waals surface area contributed by atoms with Crippen LogP contribution in [0.5, 0.6) is 0 Å². The van der Waals surface area contributed by atoms with E-state index in [1.165, 1.54) is 4.88 Å². The number of hydrogen-bond acceptors (Lipinski definition) is 3. The van der Waals surface area contributed by atoms with Gasteiger partial charge in [-0.2, -0.15) is 5.26 Å². The topological polar surface area (TPSA) is 49.8 Å². The van der Waals surface area contributed by atoms with Gasteiger partial charge in [-0.25, -0.2) is 0 Å². The molecule has 13 heavy (non-hydrogen) atoms. The summed E-state index contributed by atoms with van der Waals surface area (Å²) < 4.78 is 0. The molecule has 2 nitrogen and oxygen atoms in total. The van der Waals surface area contributed by atoms with Crippen LogP contribution in [0.15, 0.2) is 17.7 Å². The smallest absolute Gasteiger partial charge is 0.114 e. The lowest BCUT2D eigenvalue weighted by Crippen LogP contribution is -2.09. The Labute approximate surface area is 86.3 Å². The molecule has 0 amide bonds. The van der Waals surface area contributed by atoms with Crippen molar-refractivity contribution in [3.8, 4) is 6.07 Å². The fraction of sp³-hybridized carbons (Fsp3) is 0.111. The predicted molar refractivity (Wildman–Crippen MR) is 59.4 cm³/mol. The van der Waals surface area contributed by atoms with Crippen molar-refractivity contribution in [3.05, 3.63) is 27.5 Å². The van der Waals surface area contributed by atoms with Gasteiger partial charge in [0.2, 0.25) is 0 Å². The molecule has 0 radical (unpaired) electrons. The third-order valence-electron chi connectivity index (χ3n) is 1.43. The Morgan fingerprint density at radius 2 is 2.38 bits per heavy atom. The van der Waals surface area contributed by atoms with E-state index >= 15 is 0 Å². The molecule has 0 aliphatic rings. The van der Waals surface area contributed by atoms with E-state index in [9.17, 15) is 0 Å². The summed E-state index contributed by atoms with van der Waals surface area (Å²) in [5.74, 6) is 0. The van der Waals surface area contributed by atoms with Crippen molar-refractivity contribution < 1.29 is 0 Å². The van der Waals surface area contributed by atoms with Crippen molar-refractivity contribution in [2.75, 3.05) is 0 Å². The molecule has 0 saturated heterocycles. The normalized spacial score (nSPS) is 10.9. The molecule has 0 aliphatic carbocycles. The minimum Gasteiger partial charge on any atom is -0.389 e. The summed E-state index contributed by atoms with van der Waals surface area (Å²) in [5, 5.41) is 8.68. The molecule has 4 heteroatoms. The second kappa shape index (κ2) is 4.17. The number of thiophene rings is 1. The van der Waals surface area contributed by atoms with E-state index in [0.29, 0.717) is 5.57 Å². The minimum absolute atomic E-state index is 0.147. The first-order valence-electron chi connectivity index (χ1n) is 3.61. The van der Waals surface area contributed by atoms with Gasteiger partial charge < -0.3 is 5.73 Å². The van der Waals surface area contributed by atoms with E-state index in [0.717, 1.165) is 4.88 Å². The third kappa shape index (κ3) is 2.65. The Bertz CT molecular complexity index is 396. The van der Waals surface area contributed by atoms with Crippen molar-refractivity contribution in [2.45, 2.75) is 6.92 Å². The highest BCUT2D eigenvalue weighted by Crippen LogP contribution is 2.18. The largest absolute Gasteiger partial charge is 0.389 e. The Balaban J connectivity index is 3.00. The molecule has 0 atom stereocenters. The van der Waals surface area contributed by atoms with Crippen LogP contribution in [0, 0.1) is 18.3 Å². The van der Waals surface area contributed by atoms with Crippen molar-refractivity contribution in [2.24, 2.45) is 5.73 Å². The van der Waals surface area contributed by atoms with Gasteiger partial charge in [0.1, 0.15) is 11.1 Å². The van der Waals surface area contributed by atoms with Crippen LogP contribution in [0.25, 0.3) is 6.08 Å². The summed E-state index contributed by atoms with van der Waals surface area (Å²) in [5.41, 5.74) is 5.71. The van der Waals surface area contributed by atoms with Crippen molar-refractivity contribution in [1.82, 2.24) is 0 Å². The Hall–Kier alpha value is -1.18.